The van der Waals surface area contributed by atoms with E-state index in [1.54, 1.807) is 0 Å². The van der Waals surface area contributed by atoms with Gasteiger partial charge in [-0.05, 0) is 32.9 Å². The molecule has 0 rings (SSSR count). The highest BCUT2D eigenvalue weighted by Crippen LogP contribution is 2.04. The quantitative estimate of drug-likeness (QED) is 0.666. The van der Waals surface area contributed by atoms with Crippen molar-refractivity contribution in [3.8, 4) is 6.07 Å². The second-order valence-corrected chi connectivity index (χ2v) is 4.41. The highest BCUT2D eigenvalue weighted by molar-refractivity contribution is 4.75. The van der Waals surface area contributed by atoms with Crippen molar-refractivity contribution >= 4 is 0 Å². The fourth-order valence-corrected chi connectivity index (χ4v) is 1.61. The maximum absolute atomic E-state index is 8.58. The largest absolute Gasteiger partial charge is 0.317 e. The molecule has 0 amide bonds. The lowest BCUT2D eigenvalue weighted by atomic mass is 10.1. The molecular weight excluding hydrogens is 186 g/mol. The highest BCUT2D eigenvalue weighted by atomic mass is 15.1. The summed E-state index contributed by atoms with van der Waals surface area (Å²) >= 11 is 0. The van der Waals surface area contributed by atoms with Gasteiger partial charge < -0.3 is 5.32 Å². The number of rotatable bonds is 8. The topological polar surface area (TPSA) is 39.1 Å². The molecule has 3 heteroatoms. The van der Waals surface area contributed by atoms with E-state index in [4.69, 9.17) is 5.26 Å². The van der Waals surface area contributed by atoms with Crippen molar-refractivity contribution < 1.29 is 0 Å². The van der Waals surface area contributed by atoms with Gasteiger partial charge >= 0.3 is 0 Å². The number of nitriles is 1. The van der Waals surface area contributed by atoms with E-state index in [0.29, 0.717) is 18.4 Å². The van der Waals surface area contributed by atoms with Gasteiger partial charge in [-0.25, -0.2) is 0 Å². The Morgan fingerprint density at radius 1 is 1.33 bits per heavy atom. The molecule has 1 N–H and O–H groups in total. The predicted molar refractivity (Wildman–Crippen MR) is 64.6 cm³/mol. The number of nitrogens with one attached hydrogen (secondary N) is 1. The molecule has 0 bridgehead atoms. The molecular formula is C12H25N3. The van der Waals surface area contributed by atoms with Crippen LogP contribution in [-0.2, 0) is 0 Å². The lowest BCUT2D eigenvalue weighted by Gasteiger charge is -2.28. The molecule has 0 saturated heterocycles. The van der Waals surface area contributed by atoms with Crippen LogP contribution in [0, 0.1) is 17.2 Å². The number of nitrogens with zero attached hydrogens (tertiary/aromatic N) is 2. The van der Waals surface area contributed by atoms with Gasteiger partial charge in [-0.15, -0.1) is 0 Å². The van der Waals surface area contributed by atoms with E-state index in [-0.39, 0.29) is 0 Å². The molecule has 0 aliphatic carbocycles. The first-order valence-corrected chi connectivity index (χ1v) is 5.93. The molecule has 1 atom stereocenters. The third-order valence-electron chi connectivity index (χ3n) is 2.53. The first kappa shape index (κ1) is 14.4. The zero-order valence-corrected chi connectivity index (χ0v) is 10.6. The Kier molecular flexibility index (Phi) is 8.35. The van der Waals surface area contributed by atoms with Crippen molar-refractivity contribution in [2.24, 2.45) is 5.92 Å². The van der Waals surface area contributed by atoms with E-state index in [2.05, 4.69) is 44.0 Å². The van der Waals surface area contributed by atoms with Crippen LogP contribution in [0.2, 0.25) is 0 Å². The van der Waals surface area contributed by atoms with Crippen LogP contribution in [0.3, 0.4) is 0 Å². The third-order valence-corrected chi connectivity index (χ3v) is 2.53. The second kappa shape index (κ2) is 8.70. The molecule has 0 aliphatic rings. The first-order valence-electron chi connectivity index (χ1n) is 5.93. The summed E-state index contributed by atoms with van der Waals surface area (Å²) in [5, 5.41) is 11.9. The van der Waals surface area contributed by atoms with Crippen molar-refractivity contribution in [1.82, 2.24) is 10.2 Å². The molecule has 0 aliphatic heterocycles. The third kappa shape index (κ3) is 7.35. The Bertz CT molecular complexity index is 184. The molecule has 0 aromatic rings. The average Bonchev–Trinajstić information content (AvgIpc) is 2.20. The van der Waals surface area contributed by atoms with Crippen molar-refractivity contribution in [3.05, 3.63) is 0 Å². The minimum absolute atomic E-state index is 0.530. The monoisotopic (exact) mass is 211 g/mol. The second-order valence-electron chi connectivity index (χ2n) is 4.41. The average molecular weight is 211 g/mol. The summed E-state index contributed by atoms with van der Waals surface area (Å²) in [5.74, 6) is 0.644. The minimum atomic E-state index is 0.530. The fraction of sp³-hybridized carbons (Fsp3) is 0.917. The molecule has 0 aromatic carbocycles. The molecule has 15 heavy (non-hydrogen) atoms. The first-order chi connectivity index (χ1) is 7.11. The fourth-order valence-electron chi connectivity index (χ4n) is 1.61. The van der Waals surface area contributed by atoms with Crippen LogP contribution >= 0.6 is 0 Å². The maximum Gasteiger partial charge on any atom is 0.0635 e. The van der Waals surface area contributed by atoms with Gasteiger partial charge in [0.2, 0.25) is 0 Å². The normalized spacial score (nSPS) is 13.1. The zero-order chi connectivity index (χ0) is 11.7. The van der Waals surface area contributed by atoms with Crippen molar-refractivity contribution in [2.45, 2.75) is 40.2 Å². The summed E-state index contributed by atoms with van der Waals surface area (Å²) in [4.78, 5) is 2.38. The Morgan fingerprint density at radius 3 is 2.47 bits per heavy atom. The van der Waals surface area contributed by atoms with Gasteiger partial charge in [-0.2, -0.15) is 5.26 Å². The van der Waals surface area contributed by atoms with Crippen LogP contribution < -0.4 is 5.32 Å². The Balaban J connectivity index is 3.88. The predicted octanol–water partition coefficient (Wildman–Crippen LogP) is 1.86. The summed E-state index contributed by atoms with van der Waals surface area (Å²) in [5.41, 5.74) is 0. The van der Waals surface area contributed by atoms with Gasteiger partial charge in [-0.1, -0.05) is 13.8 Å². The van der Waals surface area contributed by atoms with Crippen molar-refractivity contribution in [1.29, 1.82) is 5.26 Å². The molecule has 3 nitrogen and oxygen atoms in total. The SMILES string of the molecule is CCNCC(C)CN(CCC#N)C(C)C. The molecule has 0 radical (unpaired) electrons. The standard InChI is InChI=1S/C12H25N3/c1-5-14-9-12(4)10-15(11(2)3)8-6-7-13/h11-12,14H,5-6,8-10H2,1-4H3. The van der Waals surface area contributed by atoms with E-state index in [0.717, 1.165) is 26.2 Å². The molecule has 88 valence electrons. The van der Waals surface area contributed by atoms with Crippen molar-refractivity contribution in [3.63, 3.8) is 0 Å². The number of hydrogen-bond acceptors (Lipinski definition) is 3. The van der Waals surface area contributed by atoms with Crippen LogP contribution in [0.5, 0.6) is 0 Å². The molecule has 0 saturated carbocycles. The van der Waals surface area contributed by atoms with Crippen LogP contribution in [-0.4, -0.2) is 37.1 Å². The Hall–Kier alpha value is -0.590. The van der Waals surface area contributed by atoms with Gasteiger partial charge in [0.05, 0.1) is 6.07 Å². The van der Waals surface area contributed by atoms with E-state index in [1.807, 2.05) is 0 Å². The highest BCUT2D eigenvalue weighted by Gasteiger charge is 2.12. The lowest BCUT2D eigenvalue weighted by molar-refractivity contribution is 0.195. The Morgan fingerprint density at radius 2 is 2.00 bits per heavy atom. The van der Waals surface area contributed by atoms with E-state index < -0.39 is 0 Å². The molecule has 0 fully saturated rings. The van der Waals surface area contributed by atoms with Crippen LogP contribution in [0.25, 0.3) is 0 Å². The van der Waals surface area contributed by atoms with Crippen LogP contribution in [0.1, 0.15) is 34.1 Å². The maximum atomic E-state index is 8.58. The van der Waals surface area contributed by atoms with Gasteiger partial charge in [0, 0.05) is 25.6 Å². The lowest BCUT2D eigenvalue weighted by Crippen LogP contribution is -2.38. The molecule has 0 aromatic heterocycles. The van der Waals surface area contributed by atoms with Gasteiger partial charge in [0.25, 0.3) is 0 Å². The summed E-state index contributed by atoms with van der Waals surface area (Å²) in [6.45, 7) is 12.8. The molecule has 0 heterocycles. The van der Waals surface area contributed by atoms with Crippen molar-refractivity contribution in [2.75, 3.05) is 26.2 Å². The summed E-state index contributed by atoms with van der Waals surface area (Å²) < 4.78 is 0. The smallest absolute Gasteiger partial charge is 0.0635 e. The summed E-state index contributed by atoms with van der Waals surface area (Å²) in [6, 6.07) is 2.74. The van der Waals surface area contributed by atoms with Crippen LogP contribution in [0.15, 0.2) is 0 Å². The summed E-state index contributed by atoms with van der Waals surface area (Å²) in [6.07, 6.45) is 0.631. The minimum Gasteiger partial charge on any atom is -0.317 e. The van der Waals surface area contributed by atoms with Gasteiger partial charge in [0.15, 0.2) is 0 Å². The van der Waals surface area contributed by atoms with Gasteiger partial charge in [-0.3, -0.25) is 4.90 Å². The van der Waals surface area contributed by atoms with Gasteiger partial charge in [0.1, 0.15) is 0 Å². The Labute approximate surface area is 94.5 Å². The number of hydrogen-bond donors (Lipinski definition) is 1. The van der Waals surface area contributed by atoms with E-state index >= 15 is 0 Å². The van der Waals surface area contributed by atoms with Crippen LogP contribution in [0.4, 0.5) is 0 Å². The molecule has 0 spiro atoms. The van der Waals surface area contributed by atoms with E-state index in [9.17, 15) is 0 Å². The van der Waals surface area contributed by atoms with E-state index in [1.165, 1.54) is 0 Å². The summed E-state index contributed by atoms with van der Waals surface area (Å²) in [7, 11) is 0. The molecule has 1 unspecified atom stereocenters. The zero-order valence-electron chi connectivity index (χ0n) is 10.6.